The van der Waals surface area contributed by atoms with Crippen molar-refractivity contribution < 1.29 is 13.2 Å². The fourth-order valence-corrected chi connectivity index (χ4v) is 5.87. The predicted octanol–water partition coefficient (Wildman–Crippen LogP) is 5.40. The lowest BCUT2D eigenvalue weighted by atomic mass is 10.3. The number of carbonyl (C=O) groups excluding carboxylic acids is 1. The summed E-state index contributed by atoms with van der Waals surface area (Å²) in [6.45, 7) is 0. The first-order valence-corrected chi connectivity index (χ1v) is 13.3. The molecule has 0 spiro atoms. The van der Waals surface area contributed by atoms with E-state index in [9.17, 15) is 13.2 Å². The van der Waals surface area contributed by atoms with Gasteiger partial charge in [0, 0.05) is 16.0 Å². The molecule has 10 heteroatoms. The molecule has 0 fully saturated rings. The minimum Gasteiger partial charge on any atom is -0.301 e. The molecule has 1 amide bonds. The Bertz CT molecular complexity index is 1250. The van der Waals surface area contributed by atoms with Gasteiger partial charge in [0.05, 0.1) is 21.2 Å². The fourth-order valence-electron chi connectivity index (χ4n) is 2.61. The largest absolute Gasteiger partial charge is 0.301 e. The highest BCUT2D eigenvalue weighted by atomic mass is 32.2. The lowest BCUT2D eigenvalue weighted by molar-refractivity contribution is -0.113. The Balaban J connectivity index is 1.30. The highest BCUT2D eigenvalue weighted by Crippen LogP contribution is 2.28. The Morgan fingerprint density at radius 1 is 0.968 bits per heavy atom. The zero-order valence-corrected chi connectivity index (χ0v) is 19.3. The third kappa shape index (κ3) is 5.73. The van der Waals surface area contributed by atoms with Crippen molar-refractivity contribution in [1.82, 2.24) is 4.98 Å². The molecule has 0 aliphatic rings. The van der Waals surface area contributed by atoms with Gasteiger partial charge >= 0.3 is 0 Å². The molecule has 0 bridgehead atoms. The molecule has 4 aromatic rings. The Labute approximate surface area is 192 Å². The SMILES string of the molecule is O=C(CSc1ccc(NS(=O)(=O)c2ccccc2)cc1)Nc1nc(-c2cccs2)cs1. The molecule has 31 heavy (non-hydrogen) atoms. The van der Waals surface area contributed by atoms with Crippen LogP contribution in [0.3, 0.4) is 0 Å². The number of nitrogens with one attached hydrogen (secondary N) is 2. The van der Waals surface area contributed by atoms with Gasteiger partial charge in [-0.05, 0) is 47.8 Å². The number of nitrogens with zero attached hydrogens (tertiary/aromatic N) is 1. The molecule has 2 heterocycles. The Kier molecular flexibility index (Phi) is 6.71. The number of aromatic nitrogens is 1. The Hall–Kier alpha value is -2.66. The topological polar surface area (TPSA) is 88.2 Å². The number of amides is 1. The number of hydrogen-bond donors (Lipinski definition) is 2. The number of benzene rings is 2. The van der Waals surface area contributed by atoms with E-state index in [-0.39, 0.29) is 16.6 Å². The van der Waals surface area contributed by atoms with Gasteiger partial charge in [-0.25, -0.2) is 13.4 Å². The molecule has 2 aromatic carbocycles. The maximum Gasteiger partial charge on any atom is 0.261 e. The van der Waals surface area contributed by atoms with E-state index in [1.807, 2.05) is 22.9 Å². The van der Waals surface area contributed by atoms with Crippen LogP contribution in [0.25, 0.3) is 10.6 Å². The Morgan fingerprint density at radius 3 is 2.45 bits per heavy atom. The minimum absolute atomic E-state index is 0.147. The number of rotatable bonds is 8. The van der Waals surface area contributed by atoms with Crippen molar-refractivity contribution in [2.24, 2.45) is 0 Å². The van der Waals surface area contributed by atoms with Crippen LogP contribution in [0.1, 0.15) is 0 Å². The average molecular weight is 488 g/mol. The van der Waals surface area contributed by atoms with Crippen molar-refractivity contribution in [1.29, 1.82) is 0 Å². The van der Waals surface area contributed by atoms with Gasteiger partial charge in [-0.1, -0.05) is 24.3 Å². The van der Waals surface area contributed by atoms with Crippen molar-refractivity contribution in [3.63, 3.8) is 0 Å². The third-order valence-electron chi connectivity index (χ3n) is 4.05. The normalized spacial score (nSPS) is 11.2. The van der Waals surface area contributed by atoms with E-state index < -0.39 is 10.0 Å². The second-order valence-corrected chi connectivity index (χ2v) is 10.8. The smallest absolute Gasteiger partial charge is 0.261 e. The number of thiazole rings is 1. The van der Waals surface area contributed by atoms with Crippen molar-refractivity contribution in [3.05, 3.63) is 77.5 Å². The summed E-state index contributed by atoms with van der Waals surface area (Å²) in [5.74, 6) is 0.0779. The maximum atomic E-state index is 12.4. The van der Waals surface area contributed by atoms with Crippen molar-refractivity contribution in [2.75, 3.05) is 15.8 Å². The summed E-state index contributed by atoms with van der Waals surface area (Å²) in [4.78, 5) is 18.8. The summed E-state index contributed by atoms with van der Waals surface area (Å²) in [5.41, 5.74) is 1.32. The number of sulfonamides is 1. The summed E-state index contributed by atoms with van der Waals surface area (Å²) >= 11 is 4.36. The number of carbonyl (C=O) groups is 1. The predicted molar refractivity (Wildman–Crippen MR) is 128 cm³/mol. The van der Waals surface area contributed by atoms with E-state index in [2.05, 4.69) is 15.0 Å². The fraction of sp³-hybridized carbons (Fsp3) is 0.0476. The van der Waals surface area contributed by atoms with Crippen molar-refractivity contribution in [3.8, 4) is 10.6 Å². The van der Waals surface area contributed by atoms with E-state index in [0.717, 1.165) is 15.5 Å². The van der Waals surface area contributed by atoms with Crippen LogP contribution in [0.2, 0.25) is 0 Å². The van der Waals surface area contributed by atoms with Crippen LogP contribution in [0.4, 0.5) is 10.8 Å². The minimum atomic E-state index is -3.63. The summed E-state index contributed by atoms with van der Waals surface area (Å²) in [5, 5.41) is 7.29. The lowest BCUT2D eigenvalue weighted by Crippen LogP contribution is -2.14. The monoisotopic (exact) mass is 487 g/mol. The molecule has 0 atom stereocenters. The summed E-state index contributed by atoms with van der Waals surface area (Å²) in [6.07, 6.45) is 0. The summed E-state index contributed by atoms with van der Waals surface area (Å²) in [6, 6.07) is 19.0. The molecule has 0 unspecified atom stereocenters. The van der Waals surface area contributed by atoms with Gasteiger partial charge in [-0.15, -0.1) is 34.4 Å². The third-order valence-corrected chi connectivity index (χ3v) is 8.11. The molecule has 2 N–H and O–H groups in total. The molecule has 6 nitrogen and oxygen atoms in total. The van der Waals surface area contributed by atoms with Gasteiger partial charge < -0.3 is 5.32 Å². The van der Waals surface area contributed by atoms with E-state index >= 15 is 0 Å². The summed E-state index contributed by atoms with van der Waals surface area (Å²) in [7, 11) is -3.63. The molecule has 0 aliphatic carbocycles. The molecule has 0 saturated carbocycles. The lowest BCUT2D eigenvalue weighted by Gasteiger charge is -2.08. The molecule has 0 radical (unpaired) electrons. The number of hydrogen-bond acceptors (Lipinski definition) is 7. The zero-order valence-electron chi connectivity index (χ0n) is 16.0. The van der Waals surface area contributed by atoms with Gasteiger partial charge in [0.25, 0.3) is 10.0 Å². The van der Waals surface area contributed by atoms with Gasteiger partial charge in [0.15, 0.2) is 5.13 Å². The van der Waals surface area contributed by atoms with E-state index in [0.29, 0.717) is 10.8 Å². The van der Waals surface area contributed by atoms with Gasteiger partial charge in [-0.2, -0.15) is 0 Å². The van der Waals surface area contributed by atoms with Crippen molar-refractivity contribution >= 4 is 61.2 Å². The van der Waals surface area contributed by atoms with Gasteiger partial charge in [-0.3, -0.25) is 9.52 Å². The number of thioether (sulfide) groups is 1. The number of anilines is 2. The van der Waals surface area contributed by atoms with E-state index in [4.69, 9.17) is 0 Å². The second-order valence-electron chi connectivity index (χ2n) is 6.29. The first-order valence-electron chi connectivity index (χ1n) is 9.09. The van der Waals surface area contributed by atoms with E-state index in [1.165, 1.54) is 35.2 Å². The van der Waals surface area contributed by atoms with Crippen LogP contribution < -0.4 is 10.0 Å². The molecule has 0 aliphatic heterocycles. The highest BCUT2D eigenvalue weighted by molar-refractivity contribution is 8.00. The molecular weight excluding hydrogens is 471 g/mol. The molecule has 2 aromatic heterocycles. The van der Waals surface area contributed by atoms with Crippen molar-refractivity contribution in [2.45, 2.75) is 9.79 Å². The second kappa shape index (κ2) is 9.65. The molecular formula is C21H17N3O3S4. The maximum absolute atomic E-state index is 12.4. The first-order chi connectivity index (χ1) is 15.0. The first kappa shape index (κ1) is 21.6. The van der Waals surface area contributed by atoms with Crippen LogP contribution in [-0.2, 0) is 14.8 Å². The van der Waals surface area contributed by atoms with Gasteiger partial charge in [0.1, 0.15) is 0 Å². The average Bonchev–Trinajstić information content (AvgIpc) is 3.46. The van der Waals surface area contributed by atoms with Crippen LogP contribution in [0.15, 0.2) is 87.3 Å². The zero-order chi connectivity index (χ0) is 21.7. The molecule has 158 valence electrons. The molecule has 4 rings (SSSR count). The van der Waals surface area contributed by atoms with E-state index in [1.54, 1.807) is 53.8 Å². The quantitative estimate of drug-likeness (QED) is 0.325. The van der Waals surface area contributed by atoms with Gasteiger partial charge in [0.2, 0.25) is 5.91 Å². The molecule has 0 saturated heterocycles. The van der Waals surface area contributed by atoms with Crippen LogP contribution in [0.5, 0.6) is 0 Å². The Morgan fingerprint density at radius 2 is 1.74 bits per heavy atom. The van der Waals surface area contributed by atoms with Crippen LogP contribution in [-0.4, -0.2) is 25.1 Å². The standard InChI is InChI=1S/C21H17N3O3S4/c25-20(23-21-22-18(13-30-21)19-7-4-12-28-19)14-29-16-10-8-15(9-11-16)24-31(26,27)17-5-2-1-3-6-17/h1-13,24H,14H2,(H,22,23,25). The summed E-state index contributed by atoms with van der Waals surface area (Å²) < 4.78 is 27.3. The highest BCUT2D eigenvalue weighted by Gasteiger charge is 2.13. The van der Waals surface area contributed by atoms with Crippen LogP contribution in [0, 0.1) is 0 Å². The number of thiophene rings is 1. The van der Waals surface area contributed by atoms with Crippen LogP contribution >= 0.6 is 34.4 Å².